The topological polar surface area (TPSA) is 50.7 Å². The number of hydrogen-bond donors (Lipinski definition) is 1. The van der Waals surface area contributed by atoms with Crippen molar-refractivity contribution in [2.75, 3.05) is 13.2 Å². The predicted molar refractivity (Wildman–Crippen MR) is 99.8 cm³/mol. The quantitative estimate of drug-likeness (QED) is 0.823. The molecular formula is C21H24N2O2. The third-order valence-electron chi connectivity index (χ3n) is 4.41. The fourth-order valence-electron chi connectivity index (χ4n) is 3.12. The number of ether oxygens (including phenoxy) is 1. The molecule has 2 atom stereocenters. The Morgan fingerprint density at radius 2 is 1.84 bits per heavy atom. The van der Waals surface area contributed by atoms with E-state index in [9.17, 15) is 4.79 Å². The summed E-state index contributed by atoms with van der Waals surface area (Å²) in [6.45, 7) is 2.97. The molecule has 0 saturated heterocycles. The van der Waals surface area contributed by atoms with E-state index in [1.807, 2.05) is 43.3 Å². The Morgan fingerprint density at radius 1 is 1.16 bits per heavy atom. The van der Waals surface area contributed by atoms with Crippen LogP contribution >= 0.6 is 0 Å². The highest BCUT2D eigenvalue weighted by atomic mass is 16.5. The van der Waals surface area contributed by atoms with Gasteiger partial charge in [0, 0.05) is 25.3 Å². The SMILES string of the molecule is CCOC(=O)C(Cc1ccccc1)NC1=NCC(c2ccccc2)C1. The average Bonchev–Trinajstić information content (AvgIpc) is 3.12. The van der Waals surface area contributed by atoms with Crippen LogP contribution in [0.5, 0.6) is 0 Å². The molecule has 25 heavy (non-hydrogen) atoms. The summed E-state index contributed by atoms with van der Waals surface area (Å²) in [6, 6.07) is 20.0. The summed E-state index contributed by atoms with van der Waals surface area (Å²) in [5, 5.41) is 3.32. The maximum atomic E-state index is 12.3. The summed E-state index contributed by atoms with van der Waals surface area (Å²) in [5.41, 5.74) is 2.39. The molecule has 2 aromatic carbocycles. The summed E-state index contributed by atoms with van der Waals surface area (Å²) in [5.74, 6) is 1.04. The minimum atomic E-state index is -0.407. The molecule has 2 unspecified atom stereocenters. The summed E-state index contributed by atoms with van der Waals surface area (Å²) >= 11 is 0. The van der Waals surface area contributed by atoms with E-state index in [1.54, 1.807) is 0 Å². The minimum Gasteiger partial charge on any atom is -0.464 e. The van der Waals surface area contributed by atoms with Crippen molar-refractivity contribution in [1.29, 1.82) is 0 Å². The number of carbonyl (C=O) groups excluding carboxylic acids is 1. The van der Waals surface area contributed by atoms with Gasteiger partial charge in [0.15, 0.2) is 0 Å². The van der Waals surface area contributed by atoms with E-state index in [0.717, 1.165) is 24.4 Å². The van der Waals surface area contributed by atoms with Gasteiger partial charge in [-0.05, 0) is 18.1 Å². The van der Waals surface area contributed by atoms with Gasteiger partial charge in [0.1, 0.15) is 6.04 Å². The molecule has 4 nitrogen and oxygen atoms in total. The van der Waals surface area contributed by atoms with Crippen LogP contribution in [0.25, 0.3) is 0 Å². The second kappa shape index (κ2) is 8.47. The first-order valence-electron chi connectivity index (χ1n) is 8.81. The smallest absolute Gasteiger partial charge is 0.328 e. The molecule has 0 radical (unpaired) electrons. The first kappa shape index (κ1) is 17.2. The van der Waals surface area contributed by atoms with Crippen LogP contribution in [0.1, 0.15) is 30.4 Å². The highest BCUT2D eigenvalue weighted by Gasteiger charge is 2.26. The van der Waals surface area contributed by atoms with Crippen molar-refractivity contribution < 1.29 is 9.53 Å². The molecule has 1 heterocycles. The molecule has 1 aliphatic rings. The first-order chi connectivity index (χ1) is 12.3. The zero-order chi connectivity index (χ0) is 17.5. The van der Waals surface area contributed by atoms with Crippen LogP contribution in [0.3, 0.4) is 0 Å². The lowest BCUT2D eigenvalue weighted by molar-refractivity contribution is -0.145. The summed E-state index contributed by atoms with van der Waals surface area (Å²) in [4.78, 5) is 17.0. The fraction of sp³-hybridized carbons (Fsp3) is 0.333. The molecule has 0 amide bonds. The summed E-state index contributed by atoms with van der Waals surface area (Å²) < 4.78 is 5.24. The molecule has 0 aliphatic carbocycles. The van der Waals surface area contributed by atoms with E-state index in [2.05, 4.69) is 34.6 Å². The number of amidine groups is 1. The molecule has 0 aromatic heterocycles. The van der Waals surface area contributed by atoms with Gasteiger partial charge in [0.2, 0.25) is 0 Å². The van der Waals surface area contributed by atoms with Crippen LogP contribution < -0.4 is 5.32 Å². The normalized spacial score (nSPS) is 17.6. The molecule has 0 saturated carbocycles. The standard InChI is InChI=1S/C21H24N2O2/c1-2-25-21(24)19(13-16-9-5-3-6-10-16)23-20-14-18(15-22-20)17-11-7-4-8-12-17/h3-12,18-19H,2,13-15H2,1H3,(H,22,23). The largest absolute Gasteiger partial charge is 0.464 e. The maximum absolute atomic E-state index is 12.3. The summed E-state index contributed by atoms with van der Waals surface area (Å²) in [7, 11) is 0. The lowest BCUT2D eigenvalue weighted by Gasteiger charge is -2.19. The third kappa shape index (κ3) is 4.69. The van der Waals surface area contributed by atoms with Gasteiger partial charge in [-0.25, -0.2) is 4.79 Å². The highest BCUT2D eigenvalue weighted by molar-refractivity contribution is 5.89. The van der Waals surface area contributed by atoms with Crippen LogP contribution in [0.15, 0.2) is 65.7 Å². The zero-order valence-corrected chi connectivity index (χ0v) is 14.5. The van der Waals surface area contributed by atoms with E-state index in [0.29, 0.717) is 18.9 Å². The number of nitrogens with zero attached hydrogens (tertiary/aromatic N) is 1. The van der Waals surface area contributed by atoms with Gasteiger partial charge in [-0.3, -0.25) is 4.99 Å². The van der Waals surface area contributed by atoms with E-state index < -0.39 is 6.04 Å². The van der Waals surface area contributed by atoms with Crippen molar-refractivity contribution >= 4 is 11.8 Å². The highest BCUT2D eigenvalue weighted by Crippen LogP contribution is 2.25. The number of aliphatic imine (C=N–C) groups is 1. The number of esters is 1. The van der Waals surface area contributed by atoms with Gasteiger partial charge < -0.3 is 10.1 Å². The molecule has 0 fully saturated rings. The summed E-state index contributed by atoms with van der Waals surface area (Å²) in [6.07, 6.45) is 1.42. The van der Waals surface area contributed by atoms with E-state index in [1.165, 1.54) is 5.56 Å². The number of benzene rings is 2. The predicted octanol–water partition coefficient (Wildman–Crippen LogP) is 3.34. The Labute approximate surface area is 148 Å². The molecule has 4 heteroatoms. The Bertz CT molecular complexity index is 713. The van der Waals surface area contributed by atoms with Crippen LogP contribution in [0.2, 0.25) is 0 Å². The Balaban J connectivity index is 1.65. The second-order valence-corrected chi connectivity index (χ2v) is 6.24. The number of carbonyl (C=O) groups is 1. The number of hydrogen-bond acceptors (Lipinski definition) is 4. The monoisotopic (exact) mass is 336 g/mol. The zero-order valence-electron chi connectivity index (χ0n) is 14.5. The average molecular weight is 336 g/mol. The van der Waals surface area contributed by atoms with Gasteiger partial charge in [-0.1, -0.05) is 60.7 Å². The molecule has 130 valence electrons. The van der Waals surface area contributed by atoms with Gasteiger partial charge in [0.05, 0.1) is 12.4 Å². The number of rotatable bonds is 6. The van der Waals surface area contributed by atoms with E-state index in [-0.39, 0.29) is 5.97 Å². The molecule has 0 spiro atoms. The first-order valence-corrected chi connectivity index (χ1v) is 8.81. The lowest BCUT2D eigenvalue weighted by Crippen LogP contribution is -2.43. The van der Waals surface area contributed by atoms with Gasteiger partial charge in [0.25, 0.3) is 0 Å². The van der Waals surface area contributed by atoms with Crippen molar-refractivity contribution in [3.63, 3.8) is 0 Å². The Kier molecular flexibility index (Phi) is 5.83. The third-order valence-corrected chi connectivity index (χ3v) is 4.41. The van der Waals surface area contributed by atoms with Crippen molar-refractivity contribution in [2.45, 2.75) is 31.7 Å². The fourth-order valence-corrected chi connectivity index (χ4v) is 3.12. The van der Waals surface area contributed by atoms with Crippen LogP contribution in [-0.4, -0.2) is 31.0 Å². The van der Waals surface area contributed by atoms with Gasteiger partial charge in [-0.15, -0.1) is 0 Å². The Hall–Kier alpha value is -2.62. The molecule has 1 aliphatic heterocycles. The molecule has 3 rings (SSSR count). The van der Waals surface area contributed by atoms with Gasteiger partial charge >= 0.3 is 5.97 Å². The molecule has 0 bridgehead atoms. The van der Waals surface area contributed by atoms with Crippen molar-refractivity contribution in [2.24, 2.45) is 4.99 Å². The molecule has 1 N–H and O–H groups in total. The molecule has 2 aromatic rings. The van der Waals surface area contributed by atoms with Crippen LogP contribution in [-0.2, 0) is 16.0 Å². The lowest BCUT2D eigenvalue weighted by atomic mass is 9.97. The Morgan fingerprint density at radius 3 is 2.52 bits per heavy atom. The molecular weight excluding hydrogens is 312 g/mol. The van der Waals surface area contributed by atoms with Crippen LogP contribution in [0, 0.1) is 0 Å². The minimum absolute atomic E-state index is 0.225. The van der Waals surface area contributed by atoms with Crippen molar-refractivity contribution in [3.8, 4) is 0 Å². The second-order valence-electron chi connectivity index (χ2n) is 6.24. The van der Waals surface area contributed by atoms with E-state index in [4.69, 9.17) is 4.74 Å². The number of nitrogens with one attached hydrogen (secondary N) is 1. The van der Waals surface area contributed by atoms with Crippen LogP contribution in [0.4, 0.5) is 0 Å². The maximum Gasteiger partial charge on any atom is 0.328 e. The van der Waals surface area contributed by atoms with Crippen molar-refractivity contribution in [1.82, 2.24) is 5.32 Å². The van der Waals surface area contributed by atoms with Gasteiger partial charge in [-0.2, -0.15) is 0 Å². The van der Waals surface area contributed by atoms with E-state index >= 15 is 0 Å². The van der Waals surface area contributed by atoms with Crippen molar-refractivity contribution in [3.05, 3.63) is 71.8 Å².